The van der Waals surface area contributed by atoms with Crippen LogP contribution in [0.3, 0.4) is 0 Å². The SMILES string of the molecule is CCCOC(=O)N1CCC(OC(=O)CC)C1. The van der Waals surface area contributed by atoms with Crippen molar-refractivity contribution in [1.82, 2.24) is 4.90 Å². The largest absolute Gasteiger partial charge is 0.460 e. The molecule has 92 valence electrons. The average molecular weight is 229 g/mol. The lowest BCUT2D eigenvalue weighted by Gasteiger charge is -2.16. The Morgan fingerprint density at radius 2 is 2.12 bits per heavy atom. The molecule has 0 aromatic heterocycles. The highest BCUT2D eigenvalue weighted by molar-refractivity contribution is 5.70. The predicted molar refractivity (Wildman–Crippen MR) is 58.0 cm³/mol. The Labute approximate surface area is 95.7 Å². The van der Waals surface area contributed by atoms with E-state index in [1.807, 2.05) is 6.92 Å². The van der Waals surface area contributed by atoms with Crippen molar-refractivity contribution in [3.05, 3.63) is 0 Å². The molecular weight excluding hydrogens is 210 g/mol. The average Bonchev–Trinajstić information content (AvgIpc) is 2.74. The summed E-state index contributed by atoms with van der Waals surface area (Å²) < 4.78 is 10.2. The summed E-state index contributed by atoms with van der Waals surface area (Å²) in [6.45, 7) is 5.20. The lowest BCUT2D eigenvalue weighted by atomic mass is 10.3. The van der Waals surface area contributed by atoms with Gasteiger partial charge in [0.1, 0.15) is 6.10 Å². The van der Waals surface area contributed by atoms with E-state index in [0.717, 1.165) is 6.42 Å². The highest BCUT2D eigenvalue weighted by Crippen LogP contribution is 2.14. The van der Waals surface area contributed by atoms with E-state index in [0.29, 0.717) is 32.5 Å². The number of esters is 1. The van der Waals surface area contributed by atoms with Gasteiger partial charge in [-0.05, 0) is 6.42 Å². The highest BCUT2D eigenvalue weighted by Gasteiger charge is 2.29. The molecule has 1 atom stereocenters. The van der Waals surface area contributed by atoms with E-state index >= 15 is 0 Å². The van der Waals surface area contributed by atoms with Crippen molar-refractivity contribution in [3.63, 3.8) is 0 Å². The molecule has 0 N–H and O–H groups in total. The van der Waals surface area contributed by atoms with Gasteiger partial charge in [-0.25, -0.2) is 4.79 Å². The van der Waals surface area contributed by atoms with Gasteiger partial charge in [0.25, 0.3) is 0 Å². The van der Waals surface area contributed by atoms with Gasteiger partial charge in [0.05, 0.1) is 13.2 Å². The second-order valence-electron chi connectivity index (χ2n) is 3.81. The van der Waals surface area contributed by atoms with Gasteiger partial charge in [-0.15, -0.1) is 0 Å². The first-order valence-electron chi connectivity index (χ1n) is 5.78. The van der Waals surface area contributed by atoms with Gasteiger partial charge in [-0.2, -0.15) is 0 Å². The lowest BCUT2D eigenvalue weighted by molar-refractivity contribution is -0.147. The Hall–Kier alpha value is -1.26. The minimum atomic E-state index is -0.308. The van der Waals surface area contributed by atoms with E-state index < -0.39 is 0 Å². The second kappa shape index (κ2) is 6.35. The molecule has 0 saturated carbocycles. The summed E-state index contributed by atoms with van der Waals surface area (Å²) in [4.78, 5) is 24.1. The zero-order valence-electron chi connectivity index (χ0n) is 9.90. The van der Waals surface area contributed by atoms with Crippen LogP contribution in [0.5, 0.6) is 0 Å². The molecule has 1 aliphatic heterocycles. The number of hydrogen-bond acceptors (Lipinski definition) is 4. The molecule has 0 aliphatic carbocycles. The smallest absolute Gasteiger partial charge is 0.409 e. The fourth-order valence-electron chi connectivity index (χ4n) is 1.54. The number of amides is 1. The molecule has 1 amide bonds. The van der Waals surface area contributed by atoms with Crippen molar-refractivity contribution in [2.45, 2.75) is 39.2 Å². The molecule has 1 unspecified atom stereocenters. The third-order valence-electron chi connectivity index (χ3n) is 2.42. The van der Waals surface area contributed by atoms with Crippen LogP contribution >= 0.6 is 0 Å². The van der Waals surface area contributed by atoms with Gasteiger partial charge >= 0.3 is 12.1 Å². The van der Waals surface area contributed by atoms with Crippen molar-refractivity contribution in [2.24, 2.45) is 0 Å². The number of ether oxygens (including phenoxy) is 2. The van der Waals surface area contributed by atoms with Crippen molar-refractivity contribution >= 4 is 12.1 Å². The Bertz CT molecular complexity index is 254. The van der Waals surface area contributed by atoms with Crippen LogP contribution in [0.15, 0.2) is 0 Å². The Morgan fingerprint density at radius 1 is 1.38 bits per heavy atom. The second-order valence-corrected chi connectivity index (χ2v) is 3.81. The molecule has 1 aliphatic rings. The topological polar surface area (TPSA) is 55.8 Å². The third-order valence-corrected chi connectivity index (χ3v) is 2.42. The molecule has 0 radical (unpaired) electrons. The lowest BCUT2D eigenvalue weighted by Crippen LogP contribution is -2.31. The van der Waals surface area contributed by atoms with Crippen molar-refractivity contribution < 1.29 is 19.1 Å². The molecule has 1 saturated heterocycles. The van der Waals surface area contributed by atoms with E-state index in [-0.39, 0.29) is 18.2 Å². The van der Waals surface area contributed by atoms with Gasteiger partial charge in [-0.3, -0.25) is 4.79 Å². The molecule has 0 aromatic rings. The van der Waals surface area contributed by atoms with Gasteiger partial charge in [0, 0.05) is 19.4 Å². The number of likely N-dealkylation sites (tertiary alicyclic amines) is 1. The summed E-state index contributed by atoms with van der Waals surface area (Å²) in [7, 11) is 0. The van der Waals surface area contributed by atoms with E-state index in [2.05, 4.69) is 0 Å². The minimum Gasteiger partial charge on any atom is -0.460 e. The molecule has 0 spiro atoms. The van der Waals surface area contributed by atoms with Crippen LogP contribution in [-0.2, 0) is 14.3 Å². The van der Waals surface area contributed by atoms with E-state index in [1.165, 1.54) is 0 Å². The Morgan fingerprint density at radius 3 is 2.75 bits per heavy atom. The summed E-state index contributed by atoms with van der Waals surface area (Å²) in [5.74, 6) is -0.214. The van der Waals surface area contributed by atoms with Crippen molar-refractivity contribution in [2.75, 3.05) is 19.7 Å². The van der Waals surface area contributed by atoms with Crippen molar-refractivity contribution in [1.29, 1.82) is 0 Å². The zero-order chi connectivity index (χ0) is 12.0. The first-order chi connectivity index (χ1) is 7.67. The van der Waals surface area contributed by atoms with Crippen LogP contribution in [0.1, 0.15) is 33.1 Å². The maximum absolute atomic E-state index is 11.5. The molecule has 5 nitrogen and oxygen atoms in total. The molecule has 1 fully saturated rings. The van der Waals surface area contributed by atoms with Gasteiger partial charge in [0.15, 0.2) is 0 Å². The fraction of sp³-hybridized carbons (Fsp3) is 0.818. The van der Waals surface area contributed by atoms with E-state index in [9.17, 15) is 9.59 Å². The third kappa shape index (κ3) is 3.72. The summed E-state index contributed by atoms with van der Waals surface area (Å²) in [6, 6.07) is 0. The van der Waals surface area contributed by atoms with E-state index in [1.54, 1.807) is 11.8 Å². The molecule has 16 heavy (non-hydrogen) atoms. The number of carbonyl (C=O) groups is 2. The number of hydrogen-bond donors (Lipinski definition) is 0. The van der Waals surface area contributed by atoms with Crippen molar-refractivity contribution in [3.8, 4) is 0 Å². The predicted octanol–water partition coefficient (Wildman–Crippen LogP) is 1.56. The van der Waals surface area contributed by atoms with Gasteiger partial charge in [0.2, 0.25) is 0 Å². The van der Waals surface area contributed by atoms with Gasteiger partial charge in [-0.1, -0.05) is 13.8 Å². The normalized spacial score (nSPS) is 19.6. The molecule has 1 rings (SSSR count). The summed E-state index contributed by atoms with van der Waals surface area (Å²) in [5, 5.41) is 0. The molecular formula is C11H19NO4. The van der Waals surface area contributed by atoms with Gasteiger partial charge < -0.3 is 14.4 Å². The zero-order valence-corrected chi connectivity index (χ0v) is 9.90. The number of carbonyl (C=O) groups excluding carboxylic acids is 2. The van der Waals surface area contributed by atoms with Crippen LogP contribution < -0.4 is 0 Å². The van der Waals surface area contributed by atoms with Crippen LogP contribution in [0, 0.1) is 0 Å². The molecule has 1 heterocycles. The summed E-state index contributed by atoms with van der Waals surface area (Å²) in [6.07, 6.45) is 1.41. The number of rotatable bonds is 4. The standard InChI is InChI=1S/C11H19NO4/c1-3-7-15-11(14)12-6-5-9(8-12)16-10(13)4-2/h9H,3-8H2,1-2H3. The Balaban J connectivity index is 2.28. The van der Waals surface area contributed by atoms with Crippen LogP contribution in [0.25, 0.3) is 0 Å². The summed E-state index contributed by atoms with van der Waals surface area (Å²) in [5.41, 5.74) is 0. The van der Waals surface area contributed by atoms with Crippen LogP contribution in [0.2, 0.25) is 0 Å². The highest BCUT2D eigenvalue weighted by atomic mass is 16.6. The Kier molecular flexibility index (Phi) is 5.08. The quantitative estimate of drug-likeness (QED) is 0.686. The minimum absolute atomic E-state index is 0.165. The van der Waals surface area contributed by atoms with E-state index in [4.69, 9.17) is 9.47 Å². The fourth-order valence-corrected chi connectivity index (χ4v) is 1.54. The first-order valence-corrected chi connectivity index (χ1v) is 5.78. The maximum Gasteiger partial charge on any atom is 0.409 e. The number of nitrogens with zero attached hydrogens (tertiary/aromatic N) is 1. The van der Waals surface area contributed by atoms with Crippen LogP contribution in [0.4, 0.5) is 4.79 Å². The maximum atomic E-state index is 11.5. The summed E-state index contributed by atoms with van der Waals surface area (Å²) >= 11 is 0. The molecule has 5 heteroatoms. The molecule has 0 bridgehead atoms. The van der Waals surface area contributed by atoms with Crippen LogP contribution in [-0.4, -0.2) is 42.8 Å². The first kappa shape index (κ1) is 12.8. The molecule has 0 aromatic carbocycles. The monoisotopic (exact) mass is 229 g/mol.